The lowest BCUT2D eigenvalue weighted by atomic mass is 9.79. The molecule has 0 bridgehead atoms. The molecular formula is C48H56BBrCl2N8O13. The quantitative estimate of drug-likeness (QED) is 0.0337. The van der Waals surface area contributed by atoms with E-state index < -0.39 is 42.1 Å². The predicted molar refractivity (Wildman–Crippen MR) is 272 cm³/mol. The zero-order valence-corrected chi connectivity index (χ0v) is 43.3. The molecule has 4 atom stereocenters. The Balaban J connectivity index is 0.000000230. The van der Waals surface area contributed by atoms with Crippen molar-refractivity contribution in [2.45, 2.75) is 95.8 Å². The first kappa shape index (κ1) is 59.1. The van der Waals surface area contributed by atoms with Gasteiger partial charge in [-0.15, -0.1) is 10.2 Å². The SMILES string of the molecule is CC1(C)OB(c2cccc(Cl)c2)OC1(C)C.CCOC(=O)[C@H](O)C[C@H](N)Cc1ccc(Br)cc1.O=C(N[C@H](Cc1ccc(-c2cccc(Cl)c2)cc1)C[C@@H](O)C(=O)O)c1cn(O)nn1.O=C(O)c1cn(O)nn1. The third-order valence-electron chi connectivity index (χ3n) is 11.0. The number of carbonyl (C=O) groups excluding carboxylic acids is 2. The van der Waals surface area contributed by atoms with Crippen LogP contribution in [0.3, 0.4) is 0 Å². The summed E-state index contributed by atoms with van der Waals surface area (Å²) in [5.74, 6) is -3.85. The Kier molecular flexibility index (Phi) is 22.3. The number of benzene rings is 4. The number of rotatable bonds is 16. The van der Waals surface area contributed by atoms with Gasteiger partial charge < -0.3 is 55.9 Å². The van der Waals surface area contributed by atoms with Gasteiger partial charge >= 0.3 is 25.0 Å². The van der Waals surface area contributed by atoms with Gasteiger partial charge in [0, 0.05) is 33.0 Å². The largest absolute Gasteiger partial charge is 0.494 e. The van der Waals surface area contributed by atoms with Gasteiger partial charge in [0.05, 0.1) is 24.0 Å². The first-order valence-corrected chi connectivity index (χ1v) is 23.9. The molecule has 0 radical (unpaired) electrons. The minimum atomic E-state index is -1.64. The summed E-state index contributed by atoms with van der Waals surface area (Å²) in [6.07, 6.45) is 0.00888. The Labute approximate surface area is 439 Å². The monoisotopic (exact) mass is 1110 g/mol. The number of aromatic carboxylic acids is 1. The number of carbonyl (C=O) groups is 4. The van der Waals surface area contributed by atoms with Gasteiger partial charge in [-0.05, 0) is 128 Å². The minimum absolute atomic E-state index is 0.136. The van der Waals surface area contributed by atoms with Crippen LogP contribution < -0.4 is 16.5 Å². The number of ether oxygens (including phenoxy) is 1. The van der Waals surface area contributed by atoms with Crippen LogP contribution in [0.25, 0.3) is 11.1 Å². The van der Waals surface area contributed by atoms with Gasteiger partial charge in [-0.2, -0.15) is 0 Å². The number of nitrogens with two attached hydrogens (primary N) is 1. The number of nitrogens with one attached hydrogen (secondary N) is 1. The molecule has 2 aromatic heterocycles. The molecule has 0 aliphatic carbocycles. The first-order chi connectivity index (χ1) is 34.4. The number of amides is 1. The molecule has 25 heteroatoms. The standard InChI is InChI=1S/C20H19ClN4O5.C13H18BrNO3.C12H16BClO2.C3H3N3O3/c21-15-3-1-2-14(9-15)13-6-4-12(5-7-13)8-16(10-18(26)20(28)29)22-19(27)17-11-25(30)24-23-17;1-2-18-13(17)12(16)8-11(15)7-9-3-5-10(14)6-4-9;1-11(2)12(3,4)16-13(15-11)9-6-5-7-10(14)8-9;7-3(8)2-1-6(9)5-4-2/h1-7,9,11,16,18,26,30H,8,10H2,(H,22,27)(H,28,29);3-6,11-12,16H,2,7-8,15H2,1H3;5-8H,1-4H3;1,9H,(H,7,8)/t16-,18-;11-,12-;;/m11../s1. The highest BCUT2D eigenvalue weighted by molar-refractivity contribution is 9.10. The van der Waals surface area contributed by atoms with E-state index in [-0.39, 0.29) is 61.6 Å². The highest BCUT2D eigenvalue weighted by Gasteiger charge is 2.51. The van der Waals surface area contributed by atoms with Gasteiger partial charge in [0.2, 0.25) is 0 Å². The summed E-state index contributed by atoms with van der Waals surface area (Å²) >= 11 is 15.3. The lowest BCUT2D eigenvalue weighted by Crippen LogP contribution is -2.41. The van der Waals surface area contributed by atoms with E-state index in [0.29, 0.717) is 26.2 Å². The number of esters is 1. The number of aliphatic hydroxyl groups excluding tert-OH is 2. The van der Waals surface area contributed by atoms with Gasteiger partial charge in [0.1, 0.15) is 6.20 Å². The summed E-state index contributed by atoms with van der Waals surface area (Å²) in [5.41, 5.74) is 9.64. The lowest BCUT2D eigenvalue weighted by molar-refractivity contribution is -0.153. The highest BCUT2D eigenvalue weighted by atomic mass is 79.9. The Bertz CT molecular complexity index is 2730. The molecule has 3 heterocycles. The average Bonchev–Trinajstić information content (AvgIpc) is 4.03. The fourth-order valence-electron chi connectivity index (χ4n) is 6.58. The van der Waals surface area contributed by atoms with E-state index in [9.17, 15) is 29.4 Å². The van der Waals surface area contributed by atoms with Gasteiger partial charge in [-0.25, -0.2) is 14.4 Å². The van der Waals surface area contributed by atoms with E-state index in [1.165, 1.54) is 0 Å². The third-order valence-corrected chi connectivity index (χ3v) is 12.0. The number of carboxylic acid groups (broad SMARTS) is 2. The number of hydrogen-bond donors (Lipinski definition) is 8. The van der Waals surface area contributed by atoms with Crippen molar-refractivity contribution in [1.29, 1.82) is 0 Å². The zero-order chi connectivity index (χ0) is 54.0. The number of aliphatic carboxylic acids is 1. The van der Waals surface area contributed by atoms with E-state index >= 15 is 0 Å². The van der Waals surface area contributed by atoms with Crippen molar-refractivity contribution in [3.63, 3.8) is 0 Å². The van der Waals surface area contributed by atoms with Crippen LogP contribution in [0.2, 0.25) is 10.0 Å². The van der Waals surface area contributed by atoms with Crippen LogP contribution in [0, 0.1) is 0 Å². The van der Waals surface area contributed by atoms with Gasteiger partial charge in [-0.3, -0.25) is 4.79 Å². The topological polar surface area (TPSA) is 317 Å². The minimum Gasteiger partial charge on any atom is -0.479 e. The molecule has 6 aromatic rings. The van der Waals surface area contributed by atoms with Crippen LogP contribution in [-0.2, 0) is 36.5 Å². The number of aliphatic hydroxyl groups is 2. The maximum Gasteiger partial charge on any atom is 0.494 e. The zero-order valence-electron chi connectivity index (χ0n) is 40.3. The number of carboxylic acids is 2. The second-order valence-corrected chi connectivity index (χ2v) is 19.1. The van der Waals surface area contributed by atoms with Crippen molar-refractivity contribution in [2.75, 3.05) is 6.61 Å². The van der Waals surface area contributed by atoms with Crippen LogP contribution in [-0.4, -0.2) is 134 Å². The second kappa shape index (κ2) is 27.6. The summed E-state index contributed by atoms with van der Waals surface area (Å²) in [6.45, 7) is 10.1. The molecule has 390 valence electrons. The number of nitrogens with zero attached hydrogens (tertiary/aromatic N) is 6. The molecule has 1 saturated heterocycles. The highest BCUT2D eigenvalue weighted by Crippen LogP contribution is 2.36. The maximum absolute atomic E-state index is 12.3. The van der Waals surface area contributed by atoms with Crippen LogP contribution in [0.4, 0.5) is 0 Å². The molecule has 0 saturated carbocycles. The molecule has 0 spiro atoms. The predicted octanol–water partition coefficient (Wildman–Crippen LogP) is 5.50. The van der Waals surface area contributed by atoms with E-state index in [2.05, 4.69) is 41.9 Å². The van der Waals surface area contributed by atoms with Crippen LogP contribution in [0.5, 0.6) is 0 Å². The number of halogens is 3. The van der Waals surface area contributed by atoms with Crippen molar-refractivity contribution in [1.82, 2.24) is 35.6 Å². The van der Waals surface area contributed by atoms with E-state index in [0.717, 1.165) is 44.6 Å². The van der Waals surface area contributed by atoms with Crippen molar-refractivity contribution < 1.29 is 64.1 Å². The van der Waals surface area contributed by atoms with Gasteiger partial charge in [0.15, 0.2) is 23.6 Å². The van der Waals surface area contributed by atoms with Crippen LogP contribution >= 0.6 is 39.1 Å². The molecule has 4 aromatic carbocycles. The maximum atomic E-state index is 12.3. The third kappa shape index (κ3) is 19.2. The molecule has 1 fully saturated rings. The van der Waals surface area contributed by atoms with Crippen molar-refractivity contribution in [3.05, 3.63) is 146 Å². The molecule has 1 amide bonds. The lowest BCUT2D eigenvalue weighted by Gasteiger charge is -2.32. The Morgan fingerprint density at radius 3 is 1.78 bits per heavy atom. The first-order valence-electron chi connectivity index (χ1n) is 22.3. The molecule has 73 heavy (non-hydrogen) atoms. The Morgan fingerprint density at radius 1 is 0.753 bits per heavy atom. The average molecular weight is 1110 g/mol. The molecule has 21 nitrogen and oxygen atoms in total. The fraction of sp³-hybridized carbons (Fsp3) is 0.333. The summed E-state index contributed by atoms with van der Waals surface area (Å²) in [5, 5.41) is 70.8. The molecule has 1 aliphatic rings. The van der Waals surface area contributed by atoms with Crippen molar-refractivity contribution in [3.8, 4) is 11.1 Å². The van der Waals surface area contributed by atoms with E-state index in [4.69, 9.17) is 63.6 Å². The summed E-state index contributed by atoms with van der Waals surface area (Å²) in [4.78, 5) is 45.3. The molecular weight excluding hydrogens is 1060 g/mol. The molecule has 0 unspecified atom stereocenters. The number of hydrogen-bond acceptors (Lipinski definition) is 16. The molecule has 1 aliphatic heterocycles. The van der Waals surface area contributed by atoms with Crippen LogP contribution in [0.1, 0.15) is 79.6 Å². The summed E-state index contributed by atoms with van der Waals surface area (Å²) in [6, 6.07) is 29.3. The second-order valence-electron chi connectivity index (χ2n) is 17.3. The number of aromatic nitrogens is 6. The van der Waals surface area contributed by atoms with Crippen LogP contribution in [0.15, 0.2) is 114 Å². The Hall–Kier alpha value is -6.44. The van der Waals surface area contributed by atoms with E-state index in [1.54, 1.807) is 13.0 Å². The van der Waals surface area contributed by atoms with Crippen molar-refractivity contribution >= 4 is 75.5 Å². The summed E-state index contributed by atoms with van der Waals surface area (Å²) < 4.78 is 17.6. The van der Waals surface area contributed by atoms with Crippen molar-refractivity contribution in [2.24, 2.45) is 5.73 Å². The Morgan fingerprint density at radius 2 is 1.29 bits per heavy atom. The van der Waals surface area contributed by atoms with Gasteiger partial charge in [0.25, 0.3) is 5.91 Å². The van der Waals surface area contributed by atoms with Gasteiger partial charge in [-0.1, -0.05) is 109 Å². The molecule has 9 N–H and O–H groups in total. The van der Waals surface area contributed by atoms with E-state index in [1.807, 2.05) is 119 Å². The molecule has 7 rings (SSSR count). The smallest absolute Gasteiger partial charge is 0.479 e. The fourth-order valence-corrected chi connectivity index (χ4v) is 7.23. The summed E-state index contributed by atoms with van der Waals surface area (Å²) in [7, 11) is -0.330. The normalized spacial score (nSPS) is 14.8.